The maximum atomic E-state index is 9.79. The zero-order valence-electron chi connectivity index (χ0n) is 6.66. The summed E-state index contributed by atoms with van der Waals surface area (Å²) in [4.78, 5) is 9.79. The van der Waals surface area contributed by atoms with Crippen LogP contribution < -0.4 is 5.32 Å². The average molecular weight is 165 g/mol. The van der Waals surface area contributed by atoms with Gasteiger partial charge in [-0.15, -0.1) is 0 Å². The minimum Gasteiger partial charge on any atom is -0.508 e. The van der Waals surface area contributed by atoms with Gasteiger partial charge in [0.05, 0.1) is 0 Å². The second kappa shape index (κ2) is 4.38. The summed E-state index contributed by atoms with van der Waals surface area (Å²) in [6.07, 6.45) is 0.736. The molecule has 1 aliphatic heterocycles. The maximum absolute atomic E-state index is 9.79. The Labute approximate surface area is 71.0 Å². The Morgan fingerprint density at radius 2 is 1.75 bits per heavy atom. The second-order valence-corrected chi connectivity index (χ2v) is 2.44. The fourth-order valence-electron chi connectivity index (χ4n) is 0.655. The van der Waals surface area contributed by atoms with Crippen molar-refractivity contribution in [3.63, 3.8) is 0 Å². The van der Waals surface area contributed by atoms with E-state index in [4.69, 9.17) is 5.11 Å². The van der Waals surface area contributed by atoms with Gasteiger partial charge in [0.1, 0.15) is 5.75 Å². The average Bonchev–Trinajstić information content (AvgIpc) is 2.04. The van der Waals surface area contributed by atoms with E-state index >= 15 is 0 Å². The first-order valence-electron chi connectivity index (χ1n) is 3.80. The largest absolute Gasteiger partial charge is 0.508 e. The van der Waals surface area contributed by atoms with Crippen LogP contribution in [0.4, 0.5) is 0 Å². The molecule has 0 spiro atoms. The SMILES string of the molecule is O=C1CCN1.Oc1ccccc1. The maximum Gasteiger partial charge on any atom is 0.221 e. The Morgan fingerprint density at radius 1 is 1.25 bits per heavy atom. The fourth-order valence-corrected chi connectivity index (χ4v) is 0.655. The topological polar surface area (TPSA) is 49.3 Å². The lowest BCUT2D eigenvalue weighted by molar-refractivity contribution is -0.125. The van der Waals surface area contributed by atoms with Crippen molar-refractivity contribution < 1.29 is 9.90 Å². The summed E-state index contributed by atoms with van der Waals surface area (Å²) in [5.41, 5.74) is 0. The van der Waals surface area contributed by atoms with E-state index in [1.54, 1.807) is 24.3 Å². The van der Waals surface area contributed by atoms with E-state index in [2.05, 4.69) is 5.32 Å². The first-order chi connectivity index (χ1) is 5.79. The van der Waals surface area contributed by atoms with Gasteiger partial charge in [-0.3, -0.25) is 4.79 Å². The van der Waals surface area contributed by atoms with E-state index < -0.39 is 0 Å². The van der Waals surface area contributed by atoms with Crippen molar-refractivity contribution in [2.75, 3.05) is 6.54 Å². The van der Waals surface area contributed by atoms with Crippen molar-refractivity contribution in [2.24, 2.45) is 0 Å². The van der Waals surface area contributed by atoms with E-state index in [1.807, 2.05) is 6.07 Å². The van der Waals surface area contributed by atoms with Crippen molar-refractivity contribution in [3.05, 3.63) is 30.3 Å². The Kier molecular flexibility index (Phi) is 3.14. The lowest BCUT2D eigenvalue weighted by Crippen LogP contribution is -2.37. The molecule has 12 heavy (non-hydrogen) atoms. The predicted molar refractivity (Wildman–Crippen MR) is 45.7 cm³/mol. The highest BCUT2D eigenvalue weighted by Crippen LogP contribution is 2.02. The van der Waals surface area contributed by atoms with Crippen molar-refractivity contribution in [2.45, 2.75) is 6.42 Å². The third-order valence-corrected chi connectivity index (χ3v) is 1.43. The number of carbonyl (C=O) groups is 1. The highest BCUT2D eigenvalue weighted by Gasteiger charge is 2.07. The summed E-state index contributed by atoms with van der Waals surface area (Å²) >= 11 is 0. The molecule has 1 aliphatic rings. The summed E-state index contributed by atoms with van der Waals surface area (Å²) in [5, 5.41) is 11.2. The molecule has 1 fully saturated rings. The van der Waals surface area contributed by atoms with Crippen molar-refractivity contribution in [1.82, 2.24) is 5.32 Å². The first kappa shape index (κ1) is 8.59. The summed E-state index contributed by atoms with van der Waals surface area (Å²) in [7, 11) is 0. The van der Waals surface area contributed by atoms with Gasteiger partial charge < -0.3 is 10.4 Å². The predicted octanol–water partition coefficient (Wildman–Crippen LogP) is 0.899. The molecule has 0 aliphatic carbocycles. The fraction of sp³-hybridized carbons (Fsp3) is 0.222. The van der Waals surface area contributed by atoms with Crippen molar-refractivity contribution in [3.8, 4) is 5.75 Å². The third kappa shape index (κ3) is 3.05. The Balaban J connectivity index is 0.000000127. The zero-order valence-corrected chi connectivity index (χ0v) is 6.66. The van der Waals surface area contributed by atoms with Crippen molar-refractivity contribution in [1.29, 1.82) is 0 Å². The minimum atomic E-state index is 0.185. The van der Waals surface area contributed by atoms with E-state index in [0.717, 1.165) is 13.0 Å². The monoisotopic (exact) mass is 165 g/mol. The van der Waals surface area contributed by atoms with Gasteiger partial charge in [-0.1, -0.05) is 18.2 Å². The summed E-state index contributed by atoms with van der Waals surface area (Å²) in [6, 6.07) is 8.71. The Bertz CT molecular complexity index is 240. The number of aromatic hydroxyl groups is 1. The van der Waals surface area contributed by atoms with Crippen LogP contribution in [0.25, 0.3) is 0 Å². The Hall–Kier alpha value is -1.51. The van der Waals surface area contributed by atoms with Crippen LogP contribution in [0.3, 0.4) is 0 Å². The lowest BCUT2D eigenvalue weighted by atomic mass is 10.3. The van der Waals surface area contributed by atoms with Crippen LogP contribution in [-0.2, 0) is 4.79 Å². The molecule has 1 aromatic rings. The number of para-hydroxylation sites is 1. The molecule has 1 amide bonds. The first-order valence-corrected chi connectivity index (χ1v) is 3.80. The van der Waals surface area contributed by atoms with Crippen LogP contribution in [0.5, 0.6) is 5.75 Å². The molecule has 1 heterocycles. The van der Waals surface area contributed by atoms with Gasteiger partial charge in [0, 0.05) is 13.0 Å². The molecular formula is C9H11NO2. The number of amides is 1. The number of carbonyl (C=O) groups excluding carboxylic acids is 1. The molecule has 3 nitrogen and oxygen atoms in total. The van der Waals surface area contributed by atoms with Gasteiger partial charge in [0.25, 0.3) is 0 Å². The number of hydrogen-bond acceptors (Lipinski definition) is 2. The van der Waals surface area contributed by atoms with Crippen LogP contribution in [0.15, 0.2) is 30.3 Å². The second-order valence-electron chi connectivity index (χ2n) is 2.44. The molecule has 3 heteroatoms. The van der Waals surface area contributed by atoms with E-state index in [1.165, 1.54) is 0 Å². The minimum absolute atomic E-state index is 0.185. The van der Waals surface area contributed by atoms with Crippen LogP contribution in [0.1, 0.15) is 6.42 Å². The van der Waals surface area contributed by atoms with E-state index in [-0.39, 0.29) is 5.91 Å². The van der Waals surface area contributed by atoms with Gasteiger partial charge >= 0.3 is 0 Å². The number of benzene rings is 1. The van der Waals surface area contributed by atoms with Crippen LogP contribution in [0.2, 0.25) is 0 Å². The summed E-state index contributed by atoms with van der Waals surface area (Å²) in [5.74, 6) is 0.507. The van der Waals surface area contributed by atoms with Crippen molar-refractivity contribution >= 4 is 5.91 Å². The quantitative estimate of drug-likeness (QED) is 0.561. The lowest BCUT2D eigenvalue weighted by Gasteiger charge is -2.10. The summed E-state index contributed by atoms with van der Waals surface area (Å²) < 4.78 is 0. The normalized spacial score (nSPS) is 13.5. The molecule has 0 radical (unpaired) electrons. The van der Waals surface area contributed by atoms with Gasteiger partial charge in [0.2, 0.25) is 5.91 Å². The molecule has 2 N–H and O–H groups in total. The Morgan fingerprint density at radius 3 is 1.92 bits per heavy atom. The number of β-lactam (4-membered cyclic amide) rings is 1. The highest BCUT2D eigenvalue weighted by molar-refractivity contribution is 5.81. The molecule has 0 atom stereocenters. The summed E-state index contributed by atoms with van der Waals surface area (Å²) in [6.45, 7) is 0.888. The van der Waals surface area contributed by atoms with Crippen LogP contribution in [0, 0.1) is 0 Å². The van der Waals surface area contributed by atoms with Crippen LogP contribution in [-0.4, -0.2) is 17.6 Å². The molecule has 0 bridgehead atoms. The van der Waals surface area contributed by atoms with Gasteiger partial charge in [0.15, 0.2) is 0 Å². The van der Waals surface area contributed by atoms with Gasteiger partial charge in [-0.05, 0) is 12.1 Å². The number of phenolic OH excluding ortho intramolecular Hbond substituents is 1. The molecule has 1 saturated heterocycles. The zero-order chi connectivity index (χ0) is 8.81. The highest BCUT2D eigenvalue weighted by atomic mass is 16.3. The van der Waals surface area contributed by atoms with Gasteiger partial charge in [-0.25, -0.2) is 0 Å². The molecule has 0 saturated carbocycles. The van der Waals surface area contributed by atoms with Crippen LogP contribution >= 0.6 is 0 Å². The molecule has 64 valence electrons. The molecule has 1 aromatic carbocycles. The van der Waals surface area contributed by atoms with E-state index in [9.17, 15) is 4.79 Å². The smallest absolute Gasteiger partial charge is 0.221 e. The standard InChI is InChI=1S/C6H6O.C3H5NO/c7-6-4-2-1-3-5-6;5-3-1-2-4-3/h1-5,7H;1-2H2,(H,4,5). The third-order valence-electron chi connectivity index (χ3n) is 1.43. The number of hydrogen-bond donors (Lipinski definition) is 2. The van der Waals surface area contributed by atoms with E-state index in [0.29, 0.717) is 5.75 Å². The molecule has 0 aromatic heterocycles. The molecule has 0 unspecified atom stereocenters. The number of nitrogens with one attached hydrogen (secondary N) is 1. The number of phenols is 1. The molecular weight excluding hydrogens is 154 g/mol. The van der Waals surface area contributed by atoms with Gasteiger partial charge in [-0.2, -0.15) is 0 Å². The number of rotatable bonds is 0. The molecule has 2 rings (SSSR count).